The fourth-order valence-corrected chi connectivity index (χ4v) is 1.72. The molecule has 1 heterocycles. The van der Waals surface area contributed by atoms with Crippen LogP contribution in [0.4, 0.5) is 0 Å². The monoisotopic (exact) mass is 245 g/mol. The van der Waals surface area contributed by atoms with Crippen LogP contribution in [0.3, 0.4) is 0 Å². The zero-order chi connectivity index (χ0) is 13.0. The molecule has 1 aromatic carbocycles. The van der Waals surface area contributed by atoms with Gasteiger partial charge in [-0.15, -0.1) is 5.10 Å². The summed E-state index contributed by atoms with van der Waals surface area (Å²) < 4.78 is 5.57. The zero-order valence-electron chi connectivity index (χ0n) is 11.1. The number of nitrogens with zero attached hydrogens (tertiary/aromatic N) is 2. The van der Waals surface area contributed by atoms with E-state index < -0.39 is 0 Å². The van der Waals surface area contributed by atoms with Crippen molar-refractivity contribution in [3.63, 3.8) is 0 Å². The van der Waals surface area contributed by atoms with E-state index in [1.807, 2.05) is 32.3 Å². The lowest BCUT2D eigenvalue weighted by molar-refractivity contribution is 0.253. The van der Waals surface area contributed by atoms with Crippen molar-refractivity contribution in [3.8, 4) is 17.1 Å². The Bertz CT molecular complexity index is 505. The highest BCUT2D eigenvalue weighted by Crippen LogP contribution is 2.23. The van der Waals surface area contributed by atoms with Crippen molar-refractivity contribution in [2.24, 2.45) is 0 Å². The molecule has 2 rings (SSSR count). The number of likely N-dealkylation sites (N-methyl/N-ethyl adjacent to an activating group) is 1. The number of ether oxygens (including phenoxy) is 1. The van der Waals surface area contributed by atoms with E-state index in [2.05, 4.69) is 34.2 Å². The van der Waals surface area contributed by atoms with E-state index >= 15 is 0 Å². The number of nitrogens with one attached hydrogen (secondary N) is 1. The minimum atomic E-state index is 0.644. The molecule has 0 radical (unpaired) electrons. The molecule has 2 aromatic rings. The van der Waals surface area contributed by atoms with Crippen LogP contribution in [0.1, 0.15) is 5.56 Å². The Morgan fingerprint density at radius 3 is 2.78 bits per heavy atom. The smallest absolute Gasteiger partial charge is 0.233 e. The second-order valence-corrected chi connectivity index (χ2v) is 4.59. The van der Waals surface area contributed by atoms with Crippen molar-refractivity contribution in [2.45, 2.75) is 6.92 Å². The summed E-state index contributed by atoms with van der Waals surface area (Å²) in [5, 5.41) is 7.18. The van der Waals surface area contributed by atoms with Crippen molar-refractivity contribution in [1.82, 2.24) is 15.1 Å². The first-order valence-electron chi connectivity index (χ1n) is 6.06. The molecule has 18 heavy (non-hydrogen) atoms. The van der Waals surface area contributed by atoms with E-state index in [0.717, 1.165) is 17.8 Å². The fourth-order valence-electron chi connectivity index (χ4n) is 1.72. The zero-order valence-corrected chi connectivity index (χ0v) is 11.1. The van der Waals surface area contributed by atoms with Crippen molar-refractivity contribution in [3.05, 3.63) is 35.9 Å². The Morgan fingerprint density at radius 1 is 1.28 bits per heavy atom. The highest BCUT2D eigenvalue weighted by molar-refractivity contribution is 5.63. The molecule has 4 heteroatoms. The van der Waals surface area contributed by atoms with Gasteiger partial charge in [0.15, 0.2) is 0 Å². The van der Waals surface area contributed by atoms with Gasteiger partial charge >= 0.3 is 0 Å². The normalized spacial score (nSPS) is 10.9. The first-order valence-corrected chi connectivity index (χ1v) is 6.06. The standard InChI is InChI=1S/C14H19N3O/c1-11-6-4-5-7-12(11)13-10-14(16-15-13)18-9-8-17(2)3/h4-7,10H,8-9H2,1-3H3,(H,15,16). The van der Waals surface area contributed by atoms with Gasteiger partial charge in [0, 0.05) is 18.2 Å². The molecule has 0 fully saturated rings. The molecule has 0 saturated heterocycles. The van der Waals surface area contributed by atoms with Gasteiger partial charge in [0.1, 0.15) is 6.61 Å². The van der Waals surface area contributed by atoms with E-state index in [0.29, 0.717) is 12.5 Å². The third-order valence-corrected chi connectivity index (χ3v) is 2.78. The summed E-state index contributed by atoms with van der Waals surface area (Å²) in [6.07, 6.45) is 0. The highest BCUT2D eigenvalue weighted by atomic mass is 16.5. The summed E-state index contributed by atoms with van der Waals surface area (Å²) in [7, 11) is 4.04. The number of aromatic nitrogens is 2. The number of H-pyrrole nitrogens is 1. The Kier molecular flexibility index (Phi) is 3.99. The van der Waals surface area contributed by atoms with Crippen LogP contribution in [-0.4, -0.2) is 42.3 Å². The summed E-state index contributed by atoms with van der Waals surface area (Å²) in [4.78, 5) is 2.08. The SMILES string of the molecule is Cc1ccccc1-c1cc(OCCN(C)C)n[nH]1. The van der Waals surface area contributed by atoms with Gasteiger partial charge in [-0.05, 0) is 26.6 Å². The predicted octanol–water partition coefficient (Wildman–Crippen LogP) is 2.33. The second kappa shape index (κ2) is 5.69. The molecular weight excluding hydrogens is 226 g/mol. The fraction of sp³-hybridized carbons (Fsp3) is 0.357. The molecular formula is C14H19N3O. The molecule has 1 N–H and O–H groups in total. The largest absolute Gasteiger partial charge is 0.475 e. The molecule has 1 aromatic heterocycles. The van der Waals surface area contributed by atoms with Gasteiger partial charge < -0.3 is 9.64 Å². The molecule has 0 unspecified atom stereocenters. The van der Waals surface area contributed by atoms with Gasteiger partial charge in [0.25, 0.3) is 0 Å². The molecule has 0 bridgehead atoms. The van der Waals surface area contributed by atoms with Crippen LogP contribution in [0, 0.1) is 6.92 Å². The molecule has 0 aliphatic rings. The lowest BCUT2D eigenvalue weighted by Gasteiger charge is -2.08. The molecule has 0 atom stereocenters. The minimum Gasteiger partial charge on any atom is -0.475 e. The van der Waals surface area contributed by atoms with Gasteiger partial charge in [-0.25, -0.2) is 0 Å². The summed E-state index contributed by atoms with van der Waals surface area (Å²) in [6.45, 7) is 3.61. The van der Waals surface area contributed by atoms with Gasteiger partial charge in [0.2, 0.25) is 5.88 Å². The first-order chi connectivity index (χ1) is 8.66. The van der Waals surface area contributed by atoms with Gasteiger partial charge in [-0.1, -0.05) is 24.3 Å². The lowest BCUT2D eigenvalue weighted by atomic mass is 10.1. The van der Waals surface area contributed by atoms with Gasteiger partial charge in [-0.2, -0.15) is 0 Å². The predicted molar refractivity (Wildman–Crippen MR) is 72.8 cm³/mol. The van der Waals surface area contributed by atoms with Crippen LogP contribution >= 0.6 is 0 Å². The molecule has 0 spiro atoms. The van der Waals surface area contributed by atoms with Crippen LogP contribution < -0.4 is 4.74 Å². The average molecular weight is 245 g/mol. The molecule has 0 aliphatic carbocycles. The van der Waals surface area contributed by atoms with Crippen LogP contribution in [0.15, 0.2) is 30.3 Å². The molecule has 96 valence electrons. The molecule has 0 amide bonds. The first kappa shape index (κ1) is 12.6. The maximum Gasteiger partial charge on any atom is 0.233 e. The number of aromatic amines is 1. The highest BCUT2D eigenvalue weighted by Gasteiger charge is 2.06. The van der Waals surface area contributed by atoms with E-state index in [-0.39, 0.29) is 0 Å². The maximum atomic E-state index is 5.57. The van der Waals surface area contributed by atoms with Crippen molar-refractivity contribution < 1.29 is 4.74 Å². The van der Waals surface area contributed by atoms with Crippen molar-refractivity contribution in [1.29, 1.82) is 0 Å². The van der Waals surface area contributed by atoms with Crippen LogP contribution in [0.25, 0.3) is 11.3 Å². The summed E-state index contributed by atoms with van der Waals surface area (Å²) >= 11 is 0. The Morgan fingerprint density at radius 2 is 2.06 bits per heavy atom. The quantitative estimate of drug-likeness (QED) is 0.879. The van der Waals surface area contributed by atoms with Crippen LogP contribution in [0.5, 0.6) is 5.88 Å². The summed E-state index contributed by atoms with van der Waals surface area (Å²) in [6, 6.07) is 10.2. The van der Waals surface area contributed by atoms with Gasteiger partial charge in [-0.3, -0.25) is 5.10 Å². The molecule has 0 aliphatic heterocycles. The van der Waals surface area contributed by atoms with Gasteiger partial charge in [0.05, 0.1) is 5.69 Å². The lowest BCUT2D eigenvalue weighted by Crippen LogP contribution is -2.19. The Hall–Kier alpha value is -1.81. The molecule has 0 saturated carbocycles. The second-order valence-electron chi connectivity index (χ2n) is 4.59. The number of hydrogen-bond acceptors (Lipinski definition) is 3. The Labute approximate surface area is 108 Å². The van der Waals surface area contributed by atoms with Crippen LogP contribution in [0.2, 0.25) is 0 Å². The topological polar surface area (TPSA) is 41.1 Å². The van der Waals surface area contributed by atoms with Crippen LogP contribution in [-0.2, 0) is 0 Å². The molecule has 4 nitrogen and oxygen atoms in total. The third kappa shape index (κ3) is 3.11. The summed E-state index contributed by atoms with van der Waals surface area (Å²) in [5.74, 6) is 0.648. The maximum absolute atomic E-state index is 5.57. The number of aryl methyl sites for hydroxylation is 1. The van der Waals surface area contributed by atoms with E-state index in [1.165, 1.54) is 5.56 Å². The van der Waals surface area contributed by atoms with Crippen molar-refractivity contribution in [2.75, 3.05) is 27.2 Å². The van der Waals surface area contributed by atoms with E-state index in [4.69, 9.17) is 4.74 Å². The van der Waals surface area contributed by atoms with E-state index in [9.17, 15) is 0 Å². The average Bonchev–Trinajstić information content (AvgIpc) is 2.78. The number of rotatable bonds is 5. The number of benzene rings is 1. The van der Waals surface area contributed by atoms with Crippen molar-refractivity contribution >= 4 is 0 Å². The summed E-state index contributed by atoms with van der Waals surface area (Å²) in [5.41, 5.74) is 3.38. The third-order valence-electron chi connectivity index (χ3n) is 2.78. The Balaban J connectivity index is 2.04. The van der Waals surface area contributed by atoms with E-state index in [1.54, 1.807) is 0 Å². The minimum absolute atomic E-state index is 0.644. The number of hydrogen-bond donors (Lipinski definition) is 1.